The standard InChI is InChI=1S/C31H47F3O6S/c1-20(9-10-21(2)28(3,4)39-19-38-6)25-12-13-26-22(8-7-15-29(25,26)5)16-24(18-35)30-17-23(30)11-14-27(30)40-41(36,37)31(32,33)34/h9-10,14,16,20-21,23-26,35H,7-8,11-13,15,17-19H2,1-6H3/b10-9+,22-16+/t20-,21+,23-,24+,25-,26+,29-,30+/m1/s1. The molecule has 3 fully saturated rings. The van der Waals surface area contributed by atoms with Gasteiger partial charge in [0, 0.05) is 24.4 Å². The van der Waals surface area contributed by atoms with Gasteiger partial charge in [0.25, 0.3) is 0 Å². The summed E-state index contributed by atoms with van der Waals surface area (Å²) in [6.45, 7) is 10.9. The average Bonchev–Trinajstić information content (AvgIpc) is 3.37. The molecule has 0 saturated heterocycles. The maximum absolute atomic E-state index is 13.1. The number of allylic oxidation sites excluding steroid dienone is 4. The third-order valence-electron chi connectivity index (χ3n) is 11.0. The SMILES string of the molecule is COCOC(C)(C)[C@@H](C)/C=C/[C@@H](C)[C@H]1CC[C@H]2/C(=C/[C@@H](CO)[C@]34C[C@H]3CC=C4OS(=O)(=O)C(F)(F)F)CCC[C@]12C. The molecule has 0 aliphatic heterocycles. The van der Waals surface area contributed by atoms with Crippen LogP contribution in [0.2, 0.25) is 0 Å². The first-order chi connectivity index (χ1) is 19.0. The minimum absolute atomic E-state index is 0.00879. The summed E-state index contributed by atoms with van der Waals surface area (Å²) in [5, 5.41) is 10.4. The maximum atomic E-state index is 13.1. The van der Waals surface area contributed by atoms with Gasteiger partial charge in [-0.15, -0.1) is 0 Å². The minimum atomic E-state index is -5.76. The van der Waals surface area contributed by atoms with Gasteiger partial charge in [0.05, 0.1) is 12.2 Å². The van der Waals surface area contributed by atoms with Gasteiger partial charge in [-0.2, -0.15) is 21.6 Å². The molecule has 4 aliphatic rings. The summed E-state index contributed by atoms with van der Waals surface area (Å²) in [5.74, 6) is 0.718. The molecule has 0 spiro atoms. The first kappa shape index (κ1) is 32.6. The van der Waals surface area contributed by atoms with E-state index in [9.17, 15) is 26.7 Å². The molecule has 0 heterocycles. The number of hydrogen-bond donors (Lipinski definition) is 1. The Balaban J connectivity index is 1.51. The highest BCUT2D eigenvalue weighted by molar-refractivity contribution is 7.87. The Kier molecular flexibility index (Phi) is 9.23. The minimum Gasteiger partial charge on any atom is -0.396 e. The second kappa shape index (κ2) is 11.6. The van der Waals surface area contributed by atoms with Crippen molar-refractivity contribution < 1.29 is 40.4 Å². The summed E-state index contributed by atoms with van der Waals surface area (Å²) < 4.78 is 78.5. The predicted octanol–water partition coefficient (Wildman–Crippen LogP) is 7.13. The van der Waals surface area contributed by atoms with E-state index >= 15 is 0 Å². The van der Waals surface area contributed by atoms with Crippen LogP contribution in [-0.4, -0.2) is 45.1 Å². The Hall–Kier alpha value is -1.36. The number of rotatable bonds is 12. The van der Waals surface area contributed by atoms with Crippen molar-refractivity contribution >= 4 is 10.1 Å². The van der Waals surface area contributed by atoms with Crippen LogP contribution in [0.1, 0.15) is 79.6 Å². The molecule has 0 bridgehead atoms. The van der Waals surface area contributed by atoms with Crippen molar-refractivity contribution in [3.8, 4) is 0 Å². The van der Waals surface area contributed by atoms with Crippen molar-refractivity contribution in [2.24, 2.45) is 46.3 Å². The van der Waals surface area contributed by atoms with E-state index in [4.69, 9.17) is 9.47 Å². The van der Waals surface area contributed by atoms with Crippen LogP contribution in [0, 0.1) is 46.3 Å². The molecule has 4 aliphatic carbocycles. The number of aliphatic hydroxyl groups is 1. The Bertz CT molecular complexity index is 1160. The topological polar surface area (TPSA) is 82.1 Å². The summed E-state index contributed by atoms with van der Waals surface area (Å²) in [7, 11) is -4.14. The molecule has 0 aromatic heterocycles. The van der Waals surface area contributed by atoms with Crippen molar-refractivity contribution in [1.29, 1.82) is 0 Å². The monoisotopic (exact) mass is 604 g/mol. The molecule has 3 saturated carbocycles. The van der Waals surface area contributed by atoms with E-state index in [0.29, 0.717) is 30.6 Å². The van der Waals surface area contributed by atoms with Crippen LogP contribution in [0.4, 0.5) is 13.2 Å². The number of hydrogen-bond acceptors (Lipinski definition) is 6. The Morgan fingerprint density at radius 3 is 2.51 bits per heavy atom. The first-order valence-corrected chi connectivity index (χ1v) is 16.3. The molecule has 0 unspecified atom stereocenters. The van der Waals surface area contributed by atoms with Gasteiger partial charge in [0.15, 0.2) is 0 Å². The molecule has 0 amide bonds. The maximum Gasteiger partial charge on any atom is 0.534 e. The summed E-state index contributed by atoms with van der Waals surface area (Å²) in [6.07, 6.45) is 14.2. The van der Waals surface area contributed by atoms with Crippen LogP contribution >= 0.6 is 0 Å². The van der Waals surface area contributed by atoms with E-state index < -0.39 is 27.0 Å². The fraction of sp³-hybridized carbons (Fsp3) is 0.806. The second-order valence-electron chi connectivity index (χ2n) is 13.5. The lowest BCUT2D eigenvalue weighted by atomic mass is 9.60. The lowest BCUT2D eigenvalue weighted by Crippen LogP contribution is -2.36. The number of fused-ring (bicyclic) bond motifs is 2. The van der Waals surface area contributed by atoms with Crippen LogP contribution in [-0.2, 0) is 23.8 Å². The molecule has 4 rings (SSSR count). The van der Waals surface area contributed by atoms with Crippen LogP contribution < -0.4 is 0 Å². The van der Waals surface area contributed by atoms with Gasteiger partial charge in [-0.25, -0.2) is 0 Å². The highest BCUT2D eigenvalue weighted by Crippen LogP contribution is 2.69. The predicted molar refractivity (Wildman–Crippen MR) is 151 cm³/mol. The molecular formula is C31H47F3O6S. The number of halogens is 3. The molecule has 1 N–H and O–H groups in total. The Labute approximate surface area is 243 Å². The Morgan fingerprint density at radius 1 is 1.20 bits per heavy atom. The molecule has 8 atom stereocenters. The molecular weight excluding hydrogens is 557 g/mol. The van der Waals surface area contributed by atoms with E-state index in [1.807, 2.05) is 0 Å². The van der Waals surface area contributed by atoms with E-state index in [1.165, 1.54) is 11.6 Å². The summed E-state index contributed by atoms with van der Waals surface area (Å²) in [5.41, 5.74) is -5.40. The molecule has 41 heavy (non-hydrogen) atoms. The average molecular weight is 605 g/mol. The number of ether oxygens (including phenoxy) is 2. The van der Waals surface area contributed by atoms with E-state index in [2.05, 4.69) is 57.0 Å². The third-order valence-corrected chi connectivity index (χ3v) is 11.9. The molecule has 10 heteroatoms. The van der Waals surface area contributed by atoms with Crippen molar-refractivity contribution in [2.45, 2.75) is 90.7 Å². The molecule has 0 aromatic rings. The van der Waals surface area contributed by atoms with Gasteiger partial charge in [-0.3, -0.25) is 0 Å². The zero-order valence-electron chi connectivity index (χ0n) is 25.2. The third kappa shape index (κ3) is 6.04. The fourth-order valence-electron chi connectivity index (χ4n) is 8.11. The zero-order valence-corrected chi connectivity index (χ0v) is 26.0. The fourth-order valence-corrected chi connectivity index (χ4v) is 8.67. The molecule has 6 nitrogen and oxygen atoms in total. The summed E-state index contributed by atoms with van der Waals surface area (Å²) >= 11 is 0. The van der Waals surface area contributed by atoms with Gasteiger partial charge >= 0.3 is 15.6 Å². The highest BCUT2D eigenvalue weighted by atomic mass is 32.2. The highest BCUT2D eigenvalue weighted by Gasteiger charge is 2.66. The normalized spacial score (nSPS) is 35.2. The van der Waals surface area contributed by atoms with Crippen LogP contribution in [0.3, 0.4) is 0 Å². The van der Waals surface area contributed by atoms with Crippen molar-refractivity contribution in [2.75, 3.05) is 20.5 Å². The second-order valence-corrected chi connectivity index (χ2v) is 15.1. The lowest BCUT2D eigenvalue weighted by Gasteiger charge is -2.44. The van der Waals surface area contributed by atoms with Gasteiger partial charge < -0.3 is 18.8 Å². The van der Waals surface area contributed by atoms with Gasteiger partial charge in [0.2, 0.25) is 0 Å². The quantitative estimate of drug-likeness (QED) is 0.111. The Morgan fingerprint density at radius 2 is 1.90 bits per heavy atom. The number of aliphatic hydroxyl groups excluding tert-OH is 1. The van der Waals surface area contributed by atoms with Crippen molar-refractivity contribution in [1.82, 2.24) is 0 Å². The van der Waals surface area contributed by atoms with Crippen molar-refractivity contribution in [3.63, 3.8) is 0 Å². The van der Waals surface area contributed by atoms with E-state index in [-0.39, 0.29) is 42.0 Å². The first-order valence-electron chi connectivity index (χ1n) is 14.9. The van der Waals surface area contributed by atoms with E-state index in [1.54, 1.807) is 7.11 Å². The molecule has 234 valence electrons. The number of alkyl halides is 3. The van der Waals surface area contributed by atoms with Crippen molar-refractivity contribution in [3.05, 3.63) is 35.6 Å². The zero-order chi connectivity index (χ0) is 30.4. The van der Waals surface area contributed by atoms with E-state index in [0.717, 1.165) is 32.1 Å². The van der Waals surface area contributed by atoms with Crippen LogP contribution in [0.5, 0.6) is 0 Å². The largest absolute Gasteiger partial charge is 0.534 e. The molecule has 0 radical (unpaired) electrons. The molecule has 0 aromatic carbocycles. The summed E-state index contributed by atoms with van der Waals surface area (Å²) in [6, 6.07) is 0. The lowest BCUT2D eigenvalue weighted by molar-refractivity contribution is -0.128. The number of methoxy groups -OCH3 is 1. The smallest absolute Gasteiger partial charge is 0.396 e. The van der Waals surface area contributed by atoms with Gasteiger partial charge in [0.1, 0.15) is 12.6 Å². The summed E-state index contributed by atoms with van der Waals surface area (Å²) in [4.78, 5) is 0. The van der Waals surface area contributed by atoms with Crippen LogP contribution in [0.25, 0.3) is 0 Å². The van der Waals surface area contributed by atoms with Gasteiger partial charge in [-0.1, -0.05) is 44.6 Å². The van der Waals surface area contributed by atoms with Gasteiger partial charge in [-0.05, 0) is 94.0 Å². The van der Waals surface area contributed by atoms with Crippen LogP contribution in [0.15, 0.2) is 35.6 Å².